The topological polar surface area (TPSA) is 17.1 Å². The van der Waals surface area contributed by atoms with E-state index in [1.54, 1.807) is 0 Å². The molecule has 0 amide bonds. The Balaban J connectivity index is 2.65. The second-order valence-electron chi connectivity index (χ2n) is 5.92. The van der Waals surface area contributed by atoms with Crippen molar-refractivity contribution < 1.29 is 4.79 Å². The van der Waals surface area contributed by atoms with Gasteiger partial charge in [-0.15, -0.1) is 0 Å². The van der Waals surface area contributed by atoms with Gasteiger partial charge in [-0.25, -0.2) is 0 Å². The largest absolute Gasteiger partial charge is 0.299 e. The highest BCUT2D eigenvalue weighted by Crippen LogP contribution is 2.47. The van der Waals surface area contributed by atoms with E-state index < -0.39 is 0 Å². The maximum atomic E-state index is 12.0. The van der Waals surface area contributed by atoms with Crippen molar-refractivity contribution in [3.63, 3.8) is 0 Å². The average Bonchev–Trinajstić information content (AvgIpc) is 2.26. The van der Waals surface area contributed by atoms with E-state index in [0.717, 1.165) is 12.8 Å². The molecule has 0 radical (unpaired) electrons. The zero-order valence-corrected chi connectivity index (χ0v) is 10.3. The van der Waals surface area contributed by atoms with Crippen molar-refractivity contribution in [2.75, 3.05) is 0 Å². The summed E-state index contributed by atoms with van der Waals surface area (Å²) in [5, 5.41) is 0. The number of carbonyl (C=O) groups excluding carboxylic acids is 1. The van der Waals surface area contributed by atoms with Gasteiger partial charge >= 0.3 is 0 Å². The Morgan fingerprint density at radius 2 is 1.93 bits per heavy atom. The lowest BCUT2D eigenvalue weighted by Crippen LogP contribution is -2.30. The molecule has 0 saturated heterocycles. The van der Waals surface area contributed by atoms with Gasteiger partial charge in [0.1, 0.15) is 5.78 Å². The lowest BCUT2D eigenvalue weighted by Gasteiger charge is -2.30. The molecule has 1 aliphatic rings. The summed E-state index contributed by atoms with van der Waals surface area (Å²) in [6, 6.07) is 0. The van der Waals surface area contributed by atoms with Crippen molar-refractivity contribution in [2.24, 2.45) is 23.2 Å². The minimum absolute atomic E-state index is 0.228. The number of ketones is 1. The van der Waals surface area contributed by atoms with Crippen molar-refractivity contribution >= 4 is 5.78 Å². The quantitative estimate of drug-likeness (QED) is 0.673. The molecule has 2 unspecified atom stereocenters. The summed E-state index contributed by atoms with van der Waals surface area (Å²) < 4.78 is 0. The zero-order valence-electron chi connectivity index (χ0n) is 10.3. The number of hydrogen-bond donors (Lipinski definition) is 0. The molecular formula is C13H24O. The molecule has 1 saturated carbocycles. The van der Waals surface area contributed by atoms with Crippen LogP contribution in [0.2, 0.25) is 0 Å². The fourth-order valence-electron chi connectivity index (χ4n) is 2.62. The number of carbonyl (C=O) groups is 1. The monoisotopic (exact) mass is 196 g/mol. The number of rotatable bonds is 3. The second-order valence-corrected chi connectivity index (χ2v) is 5.92. The van der Waals surface area contributed by atoms with Gasteiger partial charge < -0.3 is 0 Å². The normalized spacial score (nSPS) is 31.0. The number of hydrogen-bond acceptors (Lipinski definition) is 1. The van der Waals surface area contributed by atoms with Gasteiger partial charge in [-0.1, -0.05) is 34.6 Å². The molecule has 1 rings (SSSR count). The Labute approximate surface area is 88.3 Å². The van der Waals surface area contributed by atoms with Crippen LogP contribution in [0, 0.1) is 23.2 Å². The summed E-state index contributed by atoms with van der Waals surface area (Å²) in [5.74, 6) is 2.02. The van der Waals surface area contributed by atoms with Crippen LogP contribution in [0.25, 0.3) is 0 Å². The summed E-state index contributed by atoms with van der Waals surface area (Å²) in [7, 11) is 0. The third-order valence-electron chi connectivity index (χ3n) is 4.05. The summed E-state index contributed by atoms with van der Waals surface area (Å²) in [6.45, 7) is 11.1. The van der Waals surface area contributed by atoms with E-state index in [1.165, 1.54) is 6.42 Å². The molecule has 82 valence electrons. The molecule has 1 fully saturated rings. The van der Waals surface area contributed by atoms with Crippen LogP contribution >= 0.6 is 0 Å². The third kappa shape index (κ3) is 2.18. The van der Waals surface area contributed by atoms with Crippen LogP contribution < -0.4 is 0 Å². The molecule has 0 spiro atoms. The average molecular weight is 196 g/mol. The van der Waals surface area contributed by atoms with E-state index >= 15 is 0 Å². The molecule has 2 atom stereocenters. The molecule has 0 aliphatic heterocycles. The Hall–Kier alpha value is -0.330. The highest BCUT2D eigenvalue weighted by Gasteiger charge is 2.43. The first-order valence-electron chi connectivity index (χ1n) is 5.88. The van der Waals surface area contributed by atoms with Crippen LogP contribution in [0.15, 0.2) is 0 Å². The fraction of sp³-hybridized carbons (Fsp3) is 0.923. The molecule has 0 aromatic rings. The first kappa shape index (κ1) is 11.7. The van der Waals surface area contributed by atoms with Crippen LogP contribution in [-0.2, 0) is 4.79 Å². The van der Waals surface area contributed by atoms with Crippen LogP contribution in [-0.4, -0.2) is 5.78 Å². The van der Waals surface area contributed by atoms with E-state index in [9.17, 15) is 4.79 Å². The van der Waals surface area contributed by atoms with Gasteiger partial charge in [-0.2, -0.15) is 0 Å². The van der Waals surface area contributed by atoms with Crippen LogP contribution in [0.4, 0.5) is 0 Å². The first-order valence-corrected chi connectivity index (χ1v) is 5.88. The van der Waals surface area contributed by atoms with Crippen molar-refractivity contribution in [2.45, 2.75) is 53.9 Å². The van der Waals surface area contributed by atoms with Crippen LogP contribution in [0.5, 0.6) is 0 Å². The van der Waals surface area contributed by atoms with E-state index in [4.69, 9.17) is 0 Å². The third-order valence-corrected chi connectivity index (χ3v) is 4.05. The molecule has 0 bridgehead atoms. The highest BCUT2D eigenvalue weighted by atomic mass is 16.1. The second kappa shape index (κ2) is 4.04. The molecule has 1 nitrogen and oxygen atoms in total. The molecule has 0 aromatic heterocycles. The first-order chi connectivity index (χ1) is 6.35. The van der Waals surface area contributed by atoms with E-state index in [-0.39, 0.29) is 5.41 Å². The Morgan fingerprint density at radius 3 is 2.29 bits per heavy atom. The molecule has 1 aliphatic carbocycles. The van der Waals surface area contributed by atoms with Crippen molar-refractivity contribution in [1.29, 1.82) is 0 Å². The van der Waals surface area contributed by atoms with Gasteiger partial charge in [-0.3, -0.25) is 4.79 Å². The predicted octanol–water partition coefficient (Wildman–Crippen LogP) is 3.67. The van der Waals surface area contributed by atoms with Crippen LogP contribution in [0.1, 0.15) is 53.9 Å². The van der Waals surface area contributed by atoms with E-state index in [0.29, 0.717) is 23.5 Å². The van der Waals surface area contributed by atoms with Crippen molar-refractivity contribution in [3.05, 3.63) is 0 Å². The summed E-state index contributed by atoms with van der Waals surface area (Å²) >= 11 is 0. The van der Waals surface area contributed by atoms with Gasteiger partial charge in [0.15, 0.2) is 0 Å². The Kier molecular flexibility index (Phi) is 3.39. The lowest BCUT2D eigenvalue weighted by molar-refractivity contribution is -0.126. The van der Waals surface area contributed by atoms with E-state index in [2.05, 4.69) is 34.6 Å². The Bertz CT molecular complexity index is 215. The summed E-state index contributed by atoms with van der Waals surface area (Å²) in [6.07, 6.45) is 3.10. The molecule has 14 heavy (non-hydrogen) atoms. The van der Waals surface area contributed by atoms with Gasteiger partial charge in [-0.05, 0) is 30.1 Å². The maximum absolute atomic E-state index is 12.0. The number of Topliss-reactive ketones (excluding diaryl/α,β-unsaturated/α-hetero) is 1. The standard InChI is InChI=1S/C13H24O/c1-9(2)8-12(14)11-7-6-10(3)13(11,4)5/h9-11H,6-8H2,1-5H3. The van der Waals surface area contributed by atoms with Gasteiger partial charge in [0.25, 0.3) is 0 Å². The highest BCUT2D eigenvalue weighted by molar-refractivity contribution is 5.82. The predicted molar refractivity (Wildman–Crippen MR) is 60.1 cm³/mol. The van der Waals surface area contributed by atoms with E-state index in [1.807, 2.05) is 0 Å². The lowest BCUT2D eigenvalue weighted by atomic mass is 9.73. The molecule has 0 aromatic carbocycles. The summed E-state index contributed by atoms with van der Waals surface area (Å²) in [5.41, 5.74) is 0.228. The molecule has 0 heterocycles. The maximum Gasteiger partial charge on any atom is 0.136 e. The van der Waals surface area contributed by atoms with Gasteiger partial charge in [0.2, 0.25) is 0 Å². The smallest absolute Gasteiger partial charge is 0.136 e. The van der Waals surface area contributed by atoms with Crippen LogP contribution in [0.3, 0.4) is 0 Å². The van der Waals surface area contributed by atoms with Gasteiger partial charge in [0.05, 0.1) is 0 Å². The Morgan fingerprint density at radius 1 is 1.36 bits per heavy atom. The molecular weight excluding hydrogens is 172 g/mol. The minimum atomic E-state index is 0.228. The van der Waals surface area contributed by atoms with Crippen molar-refractivity contribution in [3.8, 4) is 0 Å². The fourth-order valence-corrected chi connectivity index (χ4v) is 2.62. The van der Waals surface area contributed by atoms with Gasteiger partial charge in [0, 0.05) is 12.3 Å². The van der Waals surface area contributed by atoms with Crippen molar-refractivity contribution in [1.82, 2.24) is 0 Å². The molecule has 0 N–H and O–H groups in total. The minimum Gasteiger partial charge on any atom is -0.299 e. The zero-order chi connectivity index (χ0) is 10.9. The molecule has 1 heteroatoms. The SMILES string of the molecule is CC(C)CC(=O)C1CCC(C)C1(C)C. The summed E-state index contributed by atoms with van der Waals surface area (Å²) in [4.78, 5) is 12.0.